The van der Waals surface area contributed by atoms with E-state index < -0.39 is 30.7 Å². The molecule has 0 spiro atoms. The van der Waals surface area contributed by atoms with Crippen molar-refractivity contribution >= 4 is 89.8 Å². The normalized spacial score (nSPS) is 14.1. The first kappa shape index (κ1) is 31.1. The Morgan fingerprint density at radius 1 is 0.660 bits per heavy atom. The van der Waals surface area contributed by atoms with Gasteiger partial charge in [0, 0.05) is 48.3 Å². The van der Waals surface area contributed by atoms with Crippen molar-refractivity contribution in [2.75, 3.05) is 0 Å². The number of nitro groups is 2. The van der Waals surface area contributed by atoms with E-state index in [4.69, 9.17) is 0 Å². The summed E-state index contributed by atoms with van der Waals surface area (Å²) in [4.78, 5) is 20.2. The second-order valence-electron chi connectivity index (χ2n) is 10.2. The van der Waals surface area contributed by atoms with Crippen LogP contribution in [0, 0.1) is 27.2 Å². The van der Waals surface area contributed by atoms with Gasteiger partial charge in [-0.3, -0.25) is 20.2 Å². The zero-order chi connectivity index (χ0) is 33.5. The molecule has 47 heavy (non-hydrogen) atoms. The van der Waals surface area contributed by atoms with Crippen LogP contribution in [-0.4, -0.2) is 18.6 Å². The minimum atomic E-state index is -10.4. The maximum atomic E-state index is 13.8. The van der Waals surface area contributed by atoms with E-state index in [0.717, 1.165) is 55.8 Å². The third-order valence-electron chi connectivity index (χ3n) is 7.16. The molecule has 1 aliphatic heterocycles. The lowest BCUT2D eigenvalue weighted by molar-refractivity contribution is -0.388. The van der Waals surface area contributed by atoms with Crippen LogP contribution in [0.3, 0.4) is 0 Å². The maximum absolute atomic E-state index is 13.8. The first-order valence-corrected chi connectivity index (χ1v) is 17.9. The number of thiophene rings is 2. The van der Waals surface area contributed by atoms with Gasteiger partial charge in [0.05, 0.1) is 32.9 Å². The lowest BCUT2D eigenvalue weighted by Gasteiger charge is -2.39. The molecule has 0 saturated heterocycles. The second-order valence-corrected chi connectivity index (χ2v) is 15.8. The molecule has 10 nitrogen and oxygen atoms in total. The third-order valence-corrected chi connectivity index (χ3v) is 11.7. The zero-order valence-corrected chi connectivity index (χ0v) is 27.1. The molecule has 4 heterocycles. The van der Waals surface area contributed by atoms with Gasteiger partial charge in [-0.25, -0.2) is 0 Å². The Labute approximate surface area is 275 Å². The van der Waals surface area contributed by atoms with Crippen molar-refractivity contribution in [1.82, 2.24) is 8.75 Å². The molecule has 0 atom stereocenters. The first-order chi connectivity index (χ1) is 22.0. The Bertz CT molecular complexity index is 2440. The van der Waals surface area contributed by atoms with Crippen molar-refractivity contribution < 1.29 is 29.3 Å². The molecule has 6 aromatic rings. The average molecular weight is 741 g/mol. The average Bonchev–Trinajstić information content (AvgIpc) is 3.81. The van der Waals surface area contributed by atoms with E-state index in [0.29, 0.717) is 50.0 Å². The molecule has 0 bridgehead atoms. The van der Waals surface area contributed by atoms with Gasteiger partial charge in [-0.2, -0.15) is 17.5 Å². The molecule has 0 radical (unpaired) electrons. The van der Waals surface area contributed by atoms with Crippen LogP contribution in [0.15, 0.2) is 74.3 Å². The standard InChI is InChI=1S/C27H13F5N6O4S5/c1-12-10-13(2-4-15(12)37(39)40)17-6-8-19(43-17)22-24-26(35-45-33-24)23(27-25(22)34-46-36-27)20-9-7-18(44-20)14-3-5-16(38(41)42)21(11-14)47(28,29,30,31)32/h2-11H,1H3. The summed E-state index contributed by atoms with van der Waals surface area (Å²) in [6, 6.07) is 13.1. The van der Waals surface area contributed by atoms with Crippen LogP contribution in [0.2, 0.25) is 0 Å². The monoisotopic (exact) mass is 740 g/mol. The molecule has 3 aromatic carbocycles. The van der Waals surface area contributed by atoms with Gasteiger partial charge in [-0.15, -0.1) is 22.7 Å². The van der Waals surface area contributed by atoms with Crippen LogP contribution in [-0.2, 0) is 11.4 Å². The number of hydrogen-bond acceptors (Lipinski definition) is 11. The lowest BCUT2D eigenvalue weighted by atomic mass is 10.0. The van der Waals surface area contributed by atoms with E-state index in [2.05, 4.69) is 17.5 Å². The molecular weight excluding hydrogens is 728 g/mol. The van der Waals surface area contributed by atoms with Crippen molar-refractivity contribution in [3.63, 3.8) is 0 Å². The van der Waals surface area contributed by atoms with Crippen molar-refractivity contribution in [2.24, 2.45) is 8.73 Å². The van der Waals surface area contributed by atoms with E-state index >= 15 is 0 Å². The predicted octanol–water partition coefficient (Wildman–Crippen LogP) is 12.0. The minimum Gasteiger partial charge on any atom is -0.258 e. The predicted molar refractivity (Wildman–Crippen MR) is 176 cm³/mol. The topological polar surface area (TPSA) is 137 Å². The molecule has 0 N–H and O–H groups in total. The van der Waals surface area contributed by atoms with Crippen LogP contribution >= 0.6 is 44.6 Å². The molecule has 0 amide bonds. The van der Waals surface area contributed by atoms with Crippen LogP contribution in [0.4, 0.5) is 42.2 Å². The fraction of sp³-hybridized carbons (Fsp3) is 0.0370. The summed E-state index contributed by atoms with van der Waals surface area (Å²) in [5.74, 6) is 0. The zero-order valence-electron chi connectivity index (χ0n) is 23.0. The van der Waals surface area contributed by atoms with Crippen LogP contribution < -0.4 is 0 Å². The Hall–Kier alpha value is -4.50. The van der Waals surface area contributed by atoms with Gasteiger partial charge in [-0.1, -0.05) is 19.4 Å². The summed E-state index contributed by atoms with van der Waals surface area (Å²) in [6.45, 7) is 1.66. The minimum absolute atomic E-state index is 0.0111. The Morgan fingerprint density at radius 3 is 1.60 bits per heavy atom. The van der Waals surface area contributed by atoms with Crippen molar-refractivity contribution in [1.29, 1.82) is 0 Å². The highest BCUT2D eigenvalue weighted by molar-refractivity contribution is 8.45. The van der Waals surface area contributed by atoms with Gasteiger partial charge in [0.1, 0.15) is 22.4 Å². The van der Waals surface area contributed by atoms with Gasteiger partial charge < -0.3 is 0 Å². The number of nitrogens with zero attached hydrogens (tertiary/aromatic N) is 6. The summed E-state index contributed by atoms with van der Waals surface area (Å²) in [5.41, 5.74) is 2.32. The highest BCUT2D eigenvalue weighted by atomic mass is 32.5. The van der Waals surface area contributed by atoms with Gasteiger partial charge in [-0.05, 0) is 66.6 Å². The lowest BCUT2D eigenvalue weighted by Crippen LogP contribution is -2.09. The number of hydrogen-bond donors (Lipinski definition) is 0. The van der Waals surface area contributed by atoms with E-state index in [1.807, 2.05) is 12.1 Å². The van der Waals surface area contributed by atoms with Gasteiger partial charge >= 0.3 is 10.2 Å². The smallest absolute Gasteiger partial charge is 0.258 e. The number of aromatic nitrogens is 2. The third kappa shape index (κ3) is 5.40. The van der Waals surface area contributed by atoms with Crippen molar-refractivity contribution in [3.8, 4) is 41.8 Å². The van der Waals surface area contributed by atoms with Crippen molar-refractivity contribution in [2.45, 2.75) is 11.8 Å². The number of fused-ring (bicyclic) bond motifs is 2. The molecule has 7 rings (SSSR count). The summed E-state index contributed by atoms with van der Waals surface area (Å²) in [5, 5.41) is 22.5. The van der Waals surface area contributed by atoms with Crippen LogP contribution in [0.5, 0.6) is 0 Å². The van der Waals surface area contributed by atoms with E-state index in [9.17, 15) is 39.7 Å². The van der Waals surface area contributed by atoms with E-state index in [1.54, 1.807) is 25.1 Å². The largest absolute Gasteiger partial charge is 0.316 e. The molecule has 0 aliphatic carbocycles. The molecule has 240 valence electrons. The summed E-state index contributed by atoms with van der Waals surface area (Å²) >= 11 is 4.25. The SMILES string of the molecule is Cc1cc(-c2ccc(-c3c4c(c(-c5ccc(-c6ccc([N+](=O)[O-])c(S(F)(F)(F)(F)F)c6)s5)c5nsnc35)N=S=N4)s2)ccc1[N+](=O)[O-]. The molecule has 0 saturated carbocycles. The first-order valence-electron chi connectivity index (χ1n) is 12.9. The van der Waals surface area contributed by atoms with Crippen molar-refractivity contribution in [3.05, 3.63) is 86.5 Å². The maximum Gasteiger partial charge on any atom is 0.316 e. The van der Waals surface area contributed by atoms with Gasteiger partial charge in [0.15, 0.2) is 4.90 Å². The summed E-state index contributed by atoms with van der Waals surface area (Å²) < 4.78 is 87.0. The quantitative estimate of drug-likeness (QED) is 0.0906. The molecule has 0 unspecified atom stereocenters. The van der Waals surface area contributed by atoms with E-state index in [-0.39, 0.29) is 22.2 Å². The number of nitro benzene ring substituents is 2. The second kappa shape index (κ2) is 10.0. The highest BCUT2D eigenvalue weighted by Crippen LogP contribution is 3.03. The fourth-order valence-corrected chi connectivity index (χ4v) is 9.23. The summed E-state index contributed by atoms with van der Waals surface area (Å²) in [7, 11) is -10.4. The summed E-state index contributed by atoms with van der Waals surface area (Å²) in [6.07, 6.45) is 0. The Kier molecular flexibility index (Phi) is 6.62. The Morgan fingerprint density at radius 2 is 1.13 bits per heavy atom. The number of benzene rings is 3. The van der Waals surface area contributed by atoms with Gasteiger partial charge in [0.25, 0.3) is 11.4 Å². The number of halogens is 5. The van der Waals surface area contributed by atoms with Crippen LogP contribution in [0.25, 0.3) is 52.8 Å². The molecule has 0 fully saturated rings. The molecule has 3 aromatic heterocycles. The number of aryl methyl sites for hydroxylation is 1. The number of rotatable bonds is 7. The Balaban J connectivity index is 1.33. The van der Waals surface area contributed by atoms with Gasteiger partial charge in [0.2, 0.25) is 0 Å². The highest BCUT2D eigenvalue weighted by Gasteiger charge is 2.68. The molecule has 1 aliphatic rings. The van der Waals surface area contributed by atoms with Crippen LogP contribution in [0.1, 0.15) is 5.56 Å². The molecule has 20 heteroatoms. The van der Waals surface area contributed by atoms with E-state index in [1.165, 1.54) is 23.5 Å². The fourth-order valence-electron chi connectivity index (χ4n) is 5.12. The molecular formula is C27H13F5N6O4S5.